The van der Waals surface area contributed by atoms with Crippen molar-refractivity contribution >= 4 is 21.8 Å². The van der Waals surface area contributed by atoms with Gasteiger partial charge in [0.2, 0.25) is 0 Å². The molecular formula is C19H21BrN2O2. The first kappa shape index (κ1) is 17.0. The maximum Gasteiger partial charge on any atom is 0.260 e. The number of hydrogen-bond donors (Lipinski definition) is 0. The minimum atomic E-state index is 0.0564. The van der Waals surface area contributed by atoms with Gasteiger partial charge in [0.25, 0.3) is 5.91 Å². The Kier molecular flexibility index (Phi) is 5.88. The molecule has 126 valence electrons. The van der Waals surface area contributed by atoms with Crippen molar-refractivity contribution < 1.29 is 9.53 Å². The molecule has 0 aromatic heterocycles. The van der Waals surface area contributed by atoms with Crippen LogP contribution in [0.15, 0.2) is 59.1 Å². The van der Waals surface area contributed by atoms with Crippen LogP contribution >= 0.6 is 15.9 Å². The number of nitrogens with zero attached hydrogens (tertiary/aromatic N) is 2. The Morgan fingerprint density at radius 2 is 1.75 bits per heavy atom. The summed E-state index contributed by atoms with van der Waals surface area (Å²) in [5.74, 6) is 0.792. The van der Waals surface area contributed by atoms with Gasteiger partial charge < -0.3 is 9.64 Å². The molecule has 0 bridgehead atoms. The second-order valence-corrected chi connectivity index (χ2v) is 6.80. The van der Waals surface area contributed by atoms with Gasteiger partial charge in [-0.05, 0) is 29.8 Å². The average Bonchev–Trinajstić information content (AvgIpc) is 2.61. The summed E-state index contributed by atoms with van der Waals surface area (Å²) in [6.07, 6.45) is 0. The van der Waals surface area contributed by atoms with E-state index in [9.17, 15) is 4.79 Å². The first-order valence-electron chi connectivity index (χ1n) is 8.13. The van der Waals surface area contributed by atoms with E-state index < -0.39 is 0 Å². The molecule has 0 unspecified atom stereocenters. The molecule has 2 aromatic rings. The van der Waals surface area contributed by atoms with Gasteiger partial charge >= 0.3 is 0 Å². The van der Waals surface area contributed by atoms with Crippen LogP contribution in [0.4, 0.5) is 0 Å². The van der Waals surface area contributed by atoms with Crippen molar-refractivity contribution in [3.8, 4) is 5.75 Å². The van der Waals surface area contributed by atoms with Crippen molar-refractivity contribution in [2.75, 3.05) is 32.8 Å². The highest BCUT2D eigenvalue weighted by Crippen LogP contribution is 2.15. The van der Waals surface area contributed by atoms with Gasteiger partial charge in [0.15, 0.2) is 6.61 Å². The van der Waals surface area contributed by atoms with Gasteiger partial charge in [-0.2, -0.15) is 0 Å². The Labute approximate surface area is 151 Å². The maximum atomic E-state index is 12.3. The zero-order valence-corrected chi connectivity index (χ0v) is 15.1. The topological polar surface area (TPSA) is 32.8 Å². The lowest BCUT2D eigenvalue weighted by Crippen LogP contribution is -2.49. The number of para-hydroxylation sites is 1. The van der Waals surface area contributed by atoms with Crippen LogP contribution in [0.25, 0.3) is 0 Å². The fourth-order valence-electron chi connectivity index (χ4n) is 2.80. The molecule has 1 aliphatic heterocycles. The Balaban J connectivity index is 1.43. The SMILES string of the molecule is O=C(COc1ccccc1)N1CCN(Cc2cccc(Br)c2)CC1. The highest BCUT2D eigenvalue weighted by molar-refractivity contribution is 9.10. The molecular weight excluding hydrogens is 368 g/mol. The van der Waals surface area contributed by atoms with Gasteiger partial charge in [-0.3, -0.25) is 9.69 Å². The third kappa shape index (κ3) is 4.82. The Morgan fingerprint density at radius 3 is 2.46 bits per heavy atom. The first-order chi connectivity index (χ1) is 11.7. The smallest absolute Gasteiger partial charge is 0.260 e. The molecule has 0 atom stereocenters. The molecule has 24 heavy (non-hydrogen) atoms. The van der Waals surface area contributed by atoms with E-state index in [1.165, 1.54) is 5.56 Å². The van der Waals surface area contributed by atoms with Crippen LogP contribution in [-0.4, -0.2) is 48.5 Å². The number of halogens is 1. The quantitative estimate of drug-likeness (QED) is 0.788. The van der Waals surface area contributed by atoms with Gasteiger partial charge in [-0.15, -0.1) is 0 Å². The van der Waals surface area contributed by atoms with E-state index in [4.69, 9.17) is 4.74 Å². The number of amides is 1. The molecule has 0 spiro atoms. The number of ether oxygens (including phenoxy) is 1. The standard InChI is InChI=1S/C19H21BrN2O2/c20-17-6-4-5-16(13-17)14-21-9-11-22(12-10-21)19(23)15-24-18-7-2-1-3-8-18/h1-8,13H,9-12,14-15H2. The third-order valence-corrected chi connectivity index (χ3v) is 4.62. The summed E-state index contributed by atoms with van der Waals surface area (Å²) in [5.41, 5.74) is 1.29. The van der Waals surface area contributed by atoms with Gasteiger partial charge in [0.1, 0.15) is 5.75 Å². The molecule has 0 N–H and O–H groups in total. The van der Waals surface area contributed by atoms with E-state index in [-0.39, 0.29) is 12.5 Å². The number of piperazine rings is 1. The van der Waals surface area contributed by atoms with Crippen LogP contribution in [0.2, 0.25) is 0 Å². The lowest BCUT2D eigenvalue weighted by molar-refractivity contribution is -0.135. The lowest BCUT2D eigenvalue weighted by Gasteiger charge is -2.34. The number of hydrogen-bond acceptors (Lipinski definition) is 3. The molecule has 0 radical (unpaired) electrons. The fourth-order valence-corrected chi connectivity index (χ4v) is 3.25. The van der Waals surface area contributed by atoms with Crippen molar-refractivity contribution in [3.05, 3.63) is 64.6 Å². The summed E-state index contributed by atoms with van der Waals surface area (Å²) in [5, 5.41) is 0. The number of carbonyl (C=O) groups is 1. The first-order valence-corrected chi connectivity index (χ1v) is 8.92. The van der Waals surface area contributed by atoms with E-state index >= 15 is 0 Å². The van der Waals surface area contributed by atoms with Gasteiger partial charge in [0.05, 0.1) is 0 Å². The summed E-state index contributed by atoms with van der Waals surface area (Å²) in [6.45, 7) is 4.32. The Bertz CT molecular complexity index is 670. The van der Waals surface area contributed by atoms with Crippen LogP contribution in [0, 0.1) is 0 Å². The molecule has 0 saturated carbocycles. The number of carbonyl (C=O) groups excluding carboxylic acids is 1. The number of benzene rings is 2. The monoisotopic (exact) mass is 388 g/mol. The summed E-state index contributed by atoms with van der Waals surface area (Å²) in [6, 6.07) is 17.8. The second kappa shape index (κ2) is 8.31. The highest BCUT2D eigenvalue weighted by Gasteiger charge is 2.21. The normalized spacial score (nSPS) is 15.3. The molecule has 1 saturated heterocycles. The van der Waals surface area contributed by atoms with Gasteiger partial charge in [-0.1, -0.05) is 46.3 Å². The Morgan fingerprint density at radius 1 is 1.00 bits per heavy atom. The van der Waals surface area contributed by atoms with Gasteiger partial charge in [0, 0.05) is 37.2 Å². The zero-order chi connectivity index (χ0) is 16.8. The molecule has 3 rings (SSSR count). The molecule has 1 heterocycles. The van der Waals surface area contributed by atoms with Crippen LogP contribution in [0.1, 0.15) is 5.56 Å². The summed E-state index contributed by atoms with van der Waals surface area (Å²) < 4.78 is 6.65. The molecule has 1 fully saturated rings. The second-order valence-electron chi connectivity index (χ2n) is 5.89. The maximum absolute atomic E-state index is 12.3. The molecule has 0 aliphatic carbocycles. The summed E-state index contributed by atoms with van der Waals surface area (Å²) >= 11 is 3.51. The largest absolute Gasteiger partial charge is 0.484 e. The Hall–Kier alpha value is -1.85. The van der Waals surface area contributed by atoms with Crippen molar-refractivity contribution in [2.24, 2.45) is 0 Å². The van der Waals surface area contributed by atoms with Crippen LogP contribution in [-0.2, 0) is 11.3 Å². The minimum absolute atomic E-state index is 0.0564. The van der Waals surface area contributed by atoms with Crippen molar-refractivity contribution in [3.63, 3.8) is 0 Å². The van der Waals surface area contributed by atoms with Crippen LogP contribution < -0.4 is 4.74 Å². The molecule has 2 aromatic carbocycles. The highest BCUT2D eigenvalue weighted by atomic mass is 79.9. The van der Waals surface area contributed by atoms with Crippen LogP contribution in [0.5, 0.6) is 5.75 Å². The molecule has 1 aliphatic rings. The van der Waals surface area contributed by atoms with E-state index in [1.54, 1.807) is 0 Å². The van der Waals surface area contributed by atoms with E-state index in [2.05, 4.69) is 39.0 Å². The van der Waals surface area contributed by atoms with Crippen molar-refractivity contribution in [1.29, 1.82) is 0 Å². The predicted octanol–water partition coefficient (Wildman–Crippen LogP) is 3.17. The zero-order valence-electron chi connectivity index (χ0n) is 13.5. The molecule has 4 nitrogen and oxygen atoms in total. The van der Waals surface area contributed by atoms with E-state index in [0.29, 0.717) is 0 Å². The molecule has 1 amide bonds. The van der Waals surface area contributed by atoms with E-state index in [0.717, 1.165) is 42.9 Å². The van der Waals surface area contributed by atoms with Gasteiger partial charge in [-0.25, -0.2) is 0 Å². The summed E-state index contributed by atoms with van der Waals surface area (Å²) in [4.78, 5) is 16.5. The predicted molar refractivity (Wildman–Crippen MR) is 97.9 cm³/mol. The minimum Gasteiger partial charge on any atom is -0.484 e. The van der Waals surface area contributed by atoms with Crippen molar-refractivity contribution in [1.82, 2.24) is 9.80 Å². The average molecular weight is 389 g/mol. The third-order valence-electron chi connectivity index (χ3n) is 4.13. The number of rotatable bonds is 5. The van der Waals surface area contributed by atoms with Crippen molar-refractivity contribution in [2.45, 2.75) is 6.54 Å². The fraction of sp³-hybridized carbons (Fsp3) is 0.316. The lowest BCUT2D eigenvalue weighted by atomic mass is 10.2. The molecule has 5 heteroatoms. The van der Waals surface area contributed by atoms with E-state index in [1.807, 2.05) is 41.3 Å². The van der Waals surface area contributed by atoms with Crippen LogP contribution in [0.3, 0.4) is 0 Å². The summed E-state index contributed by atoms with van der Waals surface area (Å²) in [7, 11) is 0.